The van der Waals surface area contributed by atoms with E-state index < -0.39 is 5.60 Å². The van der Waals surface area contributed by atoms with Gasteiger partial charge in [0.1, 0.15) is 0 Å². The molecule has 3 aromatic carbocycles. The lowest BCUT2D eigenvalue weighted by molar-refractivity contribution is -0.122. The second-order valence-corrected chi connectivity index (χ2v) is 13.5. The molecule has 2 amide bonds. The van der Waals surface area contributed by atoms with E-state index in [4.69, 9.17) is 16.6 Å². The number of carbonyl (C=O) groups excluding carboxylic acids is 2. The average molecular weight is 693 g/mol. The Morgan fingerprint density at radius 3 is 2.38 bits per heavy atom. The Morgan fingerprint density at radius 1 is 0.920 bits per heavy atom. The van der Waals surface area contributed by atoms with Crippen molar-refractivity contribution in [1.29, 1.82) is 0 Å². The van der Waals surface area contributed by atoms with Crippen molar-refractivity contribution in [2.24, 2.45) is 0 Å². The van der Waals surface area contributed by atoms with Crippen LogP contribution < -0.4 is 15.5 Å². The van der Waals surface area contributed by atoms with Gasteiger partial charge >= 0.3 is 0 Å². The van der Waals surface area contributed by atoms with E-state index in [9.17, 15) is 14.7 Å². The van der Waals surface area contributed by atoms with E-state index in [1.807, 2.05) is 77.8 Å². The molecule has 1 atom stereocenters. The van der Waals surface area contributed by atoms with Gasteiger partial charge in [0.15, 0.2) is 5.65 Å². The van der Waals surface area contributed by atoms with Crippen LogP contribution in [-0.4, -0.2) is 87.1 Å². The molecular weight excluding hydrogens is 652 g/mol. The zero-order valence-corrected chi connectivity index (χ0v) is 28.8. The van der Waals surface area contributed by atoms with Gasteiger partial charge in [0, 0.05) is 75.2 Å². The molecule has 2 saturated heterocycles. The predicted molar refractivity (Wildman–Crippen MR) is 195 cm³/mol. The van der Waals surface area contributed by atoms with Crippen LogP contribution in [0.5, 0.6) is 0 Å². The summed E-state index contributed by atoms with van der Waals surface area (Å²) in [4.78, 5) is 37.4. The van der Waals surface area contributed by atoms with Gasteiger partial charge in [0.2, 0.25) is 11.9 Å². The number of hydrogen-bond donors (Lipinski definition) is 3. The summed E-state index contributed by atoms with van der Waals surface area (Å²) in [6.45, 7) is 3.99. The maximum atomic E-state index is 13.8. The van der Waals surface area contributed by atoms with Crippen molar-refractivity contribution >= 4 is 46.4 Å². The second-order valence-electron chi connectivity index (χ2n) is 13.1. The fraction of sp³-hybridized carbons (Fsp3) is 0.316. The largest absolute Gasteiger partial charge is 0.385 e. The molecular formula is C38H41ClN8O3. The molecule has 1 unspecified atom stereocenters. The number of piperazine rings is 1. The molecule has 0 aliphatic carbocycles. The zero-order chi connectivity index (χ0) is 34.7. The van der Waals surface area contributed by atoms with Crippen LogP contribution in [0.15, 0.2) is 97.2 Å². The number of nitrogens with zero attached hydrogens (tertiary/aromatic N) is 6. The number of amides is 2. The van der Waals surface area contributed by atoms with Crippen LogP contribution in [0.3, 0.4) is 0 Å². The smallest absolute Gasteiger partial charge is 0.254 e. The lowest BCUT2D eigenvalue weighted by atomic mass is 9.84. The molecule has 4 heterocycles. The van der Waals surface area contributed by atoms with Gasteiger partial charge in [-0.3, -0.25) is 14.5 Å². The first kappa shape index (κ1) is 33.5. The lowest BCUT2D eigenvalue weighted by Crippen LogP contribution is -2.56. The van der Waals surface area contributed by atoms with Crippen LogP contribution in [0.2, 0.25) is 5.02 Å². The molecule has 0 spiro atoms. The SMILES string of the molecule is CNC(=O)CC1CN(Cc2ccccc2)CCN1C(=O)c1ccc(Nc2nc3c(N4CCC(O)(c5ccc(Cl)cc5)CC4)cccn3n2)cc1. The number of hydrogen-bond acceptors (Lipinski definition) is 8. The fourth-order valence-electron chi connectivity index (χ4n) is 7.01. The Hall–Kier alpha value is -4.97. The van der Waals surface area contributed by atoms with Gasteiger partial charge in [-0.2, -0.15) is 4.98 Å². The Morgan fingerprint density at radius 2 is 1.66 bits per heavy atom. The number of pyridine rings is 1. The molecule has 5 aromatic rings. The number of nitrogens with one attached hydrogen (secondary N) is 2. The van der Waals surface area contributed by atoms with E-state index in [0.717, 1.165) is 30.0 Å². The maximum Gasteiger partial charge on any atom is 0.254 e. The summed E-state index contributed by atoms with van der Waals surface area (Å²) in [5.41, 5.74) is 4.16. The van der Waals surface area contributed by atoms with Crippen LogP contribution in [0.25, 0.3) is 5.65 Å². The molecule has 0 bridgehead atoms. The summed E-state index contributed by atoms with van der Waals surface area (Å²) in [5.74, 6) is 0.257. The van der Waals surface area contributed by atoms with E-state index in [-0.39, 0.29) is 24.3 Å². The summed E-state index contributed by atoms with van der Waals surface area (Å²) in [6, 6.07) is 28.7. The van der Waals surface area contributed by atoms with Crippen LogP contribution in [0.1, 0.15) is 40.7 Å². The first-order valence-corrected chi connectivity index (χ1v) is 17.4. The van der Waals surface area contributed by atoms with Gasteiger partial charge in [-0.15, -0.1) is 5.10 Å². The number of rotatable bonds is 9. The van der Waals surface area contributed by atoms with Crippen LogP contribution in [0.4, 0.5) is 17.3 Å². The third-order valence-electron chi connectivity index (χ3n) is 9.82. The van der Waals surface area contributed by atoms with Crippen LogP contribution in [-0.2, 0) is 16.9 Å². The molecule has 11 nitrogen and oxygen atoms in total. The predicted octanol–water partition coefficient (Wildman–Crippen LogP) is 5.08. The maximum absolute atomic E-state index is 13.8. The summed E-state index contributed by atoms with van der Waals surface area (Å²) in [5, 5.41) is 22.7. The monoisotopic (exact) mass is 692 g/mol. The van der Waals surface area contributed by atoms with Crippen molar-refractivity contribution in [1.82, 2.24) is 29.7 Å². The van der Waals surface area contributed by atoms with E-state index in [2.05, 4.69) is 37.7 Å². The third kappa shape index (κ3) is 7.30. The normalized spacial score (nSPS) is 17.9. The van der Waals surface area contributed by atoms with Crippen molar-refractivity contribution in [2.75, 3.05) is 50.0 Å². The second kappa shape index (κ2) is 14.5. The van der Waals surface area contributed by atoms with E-state index >= 15 is 0 Å². The summed E-state index contributed by atoms with van der Waals surface area (Å²) < 4.78 is 1.75. The van der Waals surface area contributed by atoms with Crippen molar-refractivity contribution < 1.29 is 14.7 Å². The first-order valence-electron chi connectivity index (χ1n) is 17.0. The third-order valence-corrected chi connectivity index (χ3v) is 10.1. The highest BCUT2D eigenvalue weighted by Crippen LogP contribution is 2.36. The highest BCUT2D eigenvalue weighted by molar-refractivity contribution is 6.30. The molecule has 258 valence electrons. The molecule has 2 aliphatic rings. The van der Waals surface area contributed by atoms with Gasteiger partial charge in [0.05, 0.1) is 17.3 Å². The number of benzene rings is 3. The van der Waals surface area contributed by atoms with Crippen molar-refractivity contribution in [3.05, 3.63) is 119 Å². The quantitative estimate of drug-likeness (QED) is 0.196. The van der Waals surface area contributed by atoms with Crippen molar-refractivity contribution in [3.8, 4) is 0 Å². The number of fused-ring (bicyclic) bond motifs is 1. The minimum atomic E-state index is -0.901. The fourth-order valence-corrected chi connectivity index (χ4v) is 7.14. The minimum absolute atomic E-state index is 0.0863. The lowest BCUT2D eigenvalue weighted by Gasteiger charge is -2.41. The van der Waals surface area contributed by atoms with Gasteiger partial charge in [0.25, 0.3) is 5.91 Å². The summed E-state index contributed by atoms with van der Waals surface area (Å²) >= 11 is 6.06. The van der Waals surface area contributed by atoms with Gasteiger partial charge in [-0.25, -0.2) is 4.52 Å². The zero-order valence-electron chi connectivity index (χ0n) is 28.0. The Kier molecular flexibility index (Phi) is 9.71. The topological polar surface area (TPSA) is 118 Å². The molecule has 12 heteroatoms. The molecule has 2 aromatic heterocycles. The van der Waals surface area contributed by atoms with Crippen molar-refractivity contribution in [2.45, 2.75) is 37.5 Å². The number of aliphatic hydroxyl groups is 1. The minimum Gasteiger partial charge on any atom is -0.385 e. The van der Waals surface area contributed by atoms with Gasteiger partial charge in [-0.05, 0) is 72.5 Å². The summed E-state index contributed by atoms with van der Waals surface area (Å²) in [6.07, 6.45) is 3.27. The molecule has 3 N–H and O–H groups in total. The summed E-state index contributed by atoms with van der Waals surface area (Å²) in [7, 11) is 1.63. The number of anilines is 3. The van der Waals surface area contributed by atoms with Gasteiger partial charge in [-0.1, -0.05) is 54.1 Å². The highest BCUT2D eigenvalue weighted by Gasteiger charge is 2.35. The Bertz CT molecular complexity index is 1940. The van der Waals surface area contributed by atoms with E-state index in [0.29, 0.717) is 61.2 Å². The Balaban J connectivity index is 1.01. The van der Waals surface area contributed by atoms with Crippen LogP contribution in [0, 0.1) is 0 Å². The average Bonchev–Trinajstić information content (AvgIpc) is 3.55. The van der Waals surface area contributed by atoms with E-state index in [1.165, 1.54) is 5.56 Å². The number of aromatic nitrogens is 3. The molecule has 50 heavy (non-hydrogen) atoms. The molecule has 2 aliphatic heterocycles. The van der Waals surface area contributed by atoms with Crippen molar-refractivity contribution in [3.63, 3.8) is 0 Å². The highest BCUT2D eigenvalue weighted by atomic mass is 35.5. The van der Waals surface area contributed by atoms with Gasteiger partial charge < -0.3 is 25.5 Å². The Labute approximate surface area is 296 Å². The first-order chi connectivity index (χ1) is 24.3. The van der Waals surface area contributed by atoms with Crippen LogP contribution >= 0.6 is 11.6 Å². The van der Waals surface area contributed by atoms with E-state index in [1.54, 1.807) is 23.7 Å². The number of piperidine rings is 1. The number of carbonyl (C=O) groups is 2. The molecule has 7 rings (SSSR count). The number of halogens is 1. The molecule has 0 saturated carbocycles. The standard InChI is InChI=1S/C38H41ClN8O3/c1-40-34(48)24-32-26-44(25-27-6-3-2-4-7-27)22-23-46(32)36(49)28-9-15-31(16-10-28)41-37-42-35-33(8-5-19-47(35)43-37)45-20-17-38(50,18-21-45)29-11-13-30(39)14-12-29/h2-16,19,32,50H,17-18,20-26H2,1H3,(H,40,48)(H,41,43). The molecule has 0 radical (unpaired) electrons. The molecule has 2 fully saturated rings.